The molecule has 0 saturated carbocycles. The van der Waals surface area contributed by atoms with Gasteiger partial charge in [0.2, 0.25) is 5.91 Å². The zero-order valence-electron chi connectivity index (χ0n) is 12.2. The fourth-order valence-electron chi connectivity index (χ4n) is 1.98. The smallest absolute Gasteiger partial charge is 0.238 e. The van der Waals surface area contributed by atoms with Crippen LogP contribution in [0.15, 0.2) is 48.5 Å². The van der Waals surface area contributed by atoms with Crippen LogP contribution in [0.1, 0.15) is 24.1 Å². The molecule has 3 nitrogen and oxygen atoms in total. The second-order valence-electron chi connectivity index (χ2n) is 5.04. The Bertz CT molecular complexity index is 610. The van der Waals surface area contributed by atoms with E-state index in [4.69, 9.17) is 0 Å². The van der Waals surface area contributed by atoms with Crippen LogP contribution in [0.4, 0.5) is 10.1 Å². The van der Waals surface area contributed by atoms with Crippen molar-refractivity contribution in [3.05, 3.63) is 65.5 Å². The first kappa shape index (κ1) is 15.2. The van der Waals surface area contributed by atoms with Crippen molar-refractivity contribution in [2.45, 2.75) is 19.9 Å². The molecule has 1 atom stereocenters. The third-order valence-corrected chi connectivity index (χ3v) is 3.29. The summed E-state index contributed by atoms with van der Waals surface area (Å²) in [5, 5.41) is 5.67. The molecule has 21 heavy (non-hydrogen) atoms. The molecular formula is C17H19FN2O. The van der Waals surface area contributed by atoms with Gasteiger partial charge in [0.05, 0.1) is 12.2 Å². The Balaban J connectivity index is 1.86. The lowest BCUT2D eigenvalue weighted by molar-refractivity contribution is -0.115. The van der Waals surface area contributed by atoms with E-state index < -0.39 is 5.82 Å². The Hall–Kier alpha value is -2.20. The normalized spacial score (nSPS) is 12.0. The Labute approximate surface area is 124 Å². The number of carbonyl (C=O) groups is 1. The van der Waals surface area contributed by atoms with E-state index in [1.807, 2.05) is 38.1 Å². The van der Waals surface area contributed by atoms with Crippen molar-refractivity contribution in [2.75, 3.05) is 11.9 Å². The topological polar surface area (TPSA) is 41.1 Å². The maximum atomic E-state index is 13.4. The van der Waals surface area contributed by atoms with Gasteiger partial charge in [-0.3, -0.25) is 4.79 Å². The van der Waals surface area contributed by atoms with Crippen molar-refractivity contribution in [1.29, 1.82) is 0 Å². The Morgan fingerprint density at radius 1 is 1.14 bits per heavy atom. The van der Waals surface area contributed by atoms with E-state index in [0.717, 1.165) is 5.56 Å². The molecule has 110 valence electrons. The van der Waals surface area contributed by atoms with Crippen LogP contribution in [0.2, 0.25) is 0 Å². The molecule has 0 unspecified atom stereocenters. The average molecular weight is 286 g/mol. The van der Waals surface area contributed by atoms with Gasteiger partial charge in [0.1, 0.15) is 5.82 Å². The number of aryl methyl sites for hydroxylation is 1. The first-order chi connectivity index (χ1) is 10.1. The molecule has 0 heterocycles. The van der Waals surface area contributed by atoms with E-state index >= 15 is 0 Å². The molecule has 0 aliphatic rings. The fraction of sp³-hybridized carbons (Fsp3) is 0.235. The number of benzene rings is 2. The molecule has 0 fully saturated rings. The standard InChI is InChI=1S/C17H19FN2O/c1-12-7-9-14(10-8-12)13(2)19-11-17(21)20-16-6-4-3-5-15(16)18/h3-10,13,19H,11H2,1-2H3,(H,20,21)/t13-/m1/s1. The molecule has 2 aromatic carbocycles. The zero-order valence-corrected chi connectivity index (χ0v) is 12.2. The van der Waals surface area contributed by atoms with E-state index in [1.54, 1.807) is 12.1 Å². The van der Waals surface area contributed by atoms with E-state index in [-0.39, 0.29) is 24.2 Å². The van der Waals surface area contributed by atoms with Crippen LogP contribution in [-0.4, -0.2) is 12.5 Å². The van der Waals surface area contributed by atoms with Gasteiger partial charge in [0, 0.05) is 6.04 Å². The summed E-state index contributed by atoms with van der Waals surface area (Å²) in [6.07, 6.45) is 0. The monoisotopic (exact) mass is 286 g/mol. The van der Waals surface area contributed by atoms with Crippen molar-refractivity contribution in [2.24, 2.45) is 0 Å². The zero-order chi connectivity index (χ0) is 15.2. The number of rotatable bonds is 5. The number of para-hydroxylation sites is 1. The third kappa shape index (κ3) is 4.39. The summed E-state index contributed by atoms with van der Waals surface area (Å²) in [4.78, 5) is 11.8. The van der Waals surface area contributed by atoms with Gasteiger partial charge in [-0.2, -0.15) is 0 Å². The van der Waals surface area contributed by atoms with Crippen LogP contribution in [0.3, 0.4) is 0 Å². The number of nitrogens with one attached hydrogen (secondary N) is 2. The predicted octanol–water partition coefficient (Wildman–Crippen LogP) is 3.42. The highest BCUT2D eigenvalue weighted by Gasteiger charge is 2.09. The minimum atomic E-state index is -0.433. The van der Waals surface area contributed by atoms with E-state index in [9.17, 15) is 9.18 Å². The number of carbonyl (C=O) groups excluding carboxylic acids is 1. The second-order valence-corrected chi connectivity index (χ2v) is 5.04. The molecule has 0 radical (unpaired) electrons. The highest BCUT2D eigenvalue weighted by molar-refractivity contribution is 5.92. The average Bonchev–Trinajstić information content (AvgIpc) is 2.48. The van der Waals surface area contributed by atoms with Gasteiger partial charge >= 0.3 is 0 Å². The number of amides is 1. The van der Waals surface area contributed by atoms with Gasteiger partial charge in [-0.25, -0.2) is 4.39 Å². The lowest BCUT2D eigenvalue weighted by atomic mass is 10.1. The van der Waals surface area contributed by atoms with Gasteiger partial charge in [-0.15, -0.1) is 0 Å². The number of anilines is 1. The van der Waals surface area contributed by atoms with Crippen LogP contribution in [0.5, 0.6) is 0 Å². The first-order valence-electron chi connectivity index (χ1n) is 6.90. The van der Waals surface area contributed by atoms with Crippen LogP contribution in [-0.2, 0) is 4.79 Å². The molecular weight excluding hydrogens is 267 g/mol. The summed E-state index contributed by atoms with van der Waals surface area (Å²) in [6, 6.07) is 14.3. The lowest BCUT2D eigenvalue weighted by Crippen LogP contribution is -2.30. The van der Waals surface area contributed by atoms with E-state index in [0.29, 0.717) is 0 Å². The molecule has 2 rings (SSSR count). The maximum Gasteiger partial charge on any atom is 0.238 e. The van der Waals surface area contributed by atoms with Crippen molar-refractivity contribution in [3.8, 4) is 0 Å². The van der Waals surface area contributed by atoms with Gasteiger partial charge < -0.3 is 10.6 Å². The van der Waals surface area contributed by atoms with E-state index in [1.165, 1.54) is 17.7 Å². The summed E-state index contributed by atoms with van der Waals surface area (Å²) in [5.74, 6) is -0.698. The van der Waals surface area contributed by atoms with Crippen molar-refractivity contribution in [3.63, 3.8) is 0 Å². The van der Waals surface area contributed by atoms with Gasteiger partial charge in [0.15, 0.2) is 0 Å². The second kappa shape index (κ2) is 6.99. The fourth-order valence-corrected chi connectivity index (χ4v) is 1.98. The third-order valence-electron chi connectivity index (χ3n) is 3.29. The highest BCUT2D eigenvalue weighted by atomic mass is 19.1. The number of hydrogen-bond donors (Lipinski definition) is 2. The lowest BCUT2D eigenvalue weighted by Gasteiger charge is -2.14. The molecule has 0 saturated heterocycles. The van der Waals surface area contributed by atoms with Crippen LogP contribution in [0, 0.1) is 12.7 Å². The van der Waals surface area contributed by atoms with Crippen molar-refractivity contribution >= 4 is 11.6 Å². The Kier molecular flexibility index (Phi) is 5.06. The molecule has 1 amide bonds. The van der Waals surface area contributed by atoms with Crippen LogP contribution in [0.25, 0.3) is 0 Å². The molecule has 4 heteroatoms. The molecule has 0 spiro atoms. The molecule has 0 aromatic heterocycles. The summed E-state index contributed by atoms with van der Waals surface area (Å²) in [6.45, 7) is 4.15. The van der Waals surface area contributed by atoms with Gasteiger partial charge in [0.25, 0.3) is 0 Å². The SMILES string of the molecule is Cc1ccc([C@@H](C)NCC(=O)Nc2ccccc2F)cc1. The summed E-state index contributed by atoms with van der Waals surface area (Å²) in [5.41, 5.74) is 2.51. The van der Waals surface area contributed by atoms with Crippen LogP contribution >= 0.6 is 0 Å². The molecule has 0 bridgehead atoms. The summed E-state index contributed by atoms with van der Waals surface area (Å²) < 4.78 is 13.4. The minimum Gasteiger partial charge on any atom is -0.322 e. The van der Waals surface area contributed by atoms with Crippen molar-refractivity contribution < 1.29 is 9.18 Å². The number of hydrogen-bond acceptors (Lipinski definition) is 2. The first-order valence-corrected chi connectivity index (χ1v) is 6.90. The van der Waals surface area contributed by atoms with Gasteiger partial charge in [-0.05, 0) is 31.5 Å². The summed E-state index contributed by atoms with van der Waals surface area (Å²) >= 11 is 0. The highest BCUT2D eigenvalue weighted by Crippen LogP contribution is 2.14. The molecule has 0 aliphatic heterocycles. The largest absolute Gasteiger partial charge is 0.322 e. The van der Waals surface area contributed by atoms with Crippen LogP contribution < -0.4 is 10.6 Å². The maximum absolute atomic E-state index is 13.4. The summed E-state index contributed by atoms with van der Waals surface area (Å²) in [7, 11) is 0. The van der Waals surface area contributed by atoms with Gasteiger partial charge in [-0.1, -0.05) is 42.0 Å². The number of halogens is 1. The Morgan fingerprint density at radius 2 is 1.81 bits per heavy atom. The quantitative estimate of drug-likeness (QED) is 0.884. The predicted molar refractivity (Wildman–Crippen MR) is 82.6 cm³/mol. The molecule has 2 aromatic rings. The van der Waals surface area contributed by atoms with Crippen molar-refractivity contribution in [1.82, 2.24) is 5.32 Å². The van der Waals surface area contributed by atoms with E-state index in [2.05, 4.69) is 10.6 Å². The minimum absolute atomic E-state index is 0.0528. The molecule has 2 N–H and O–H groups in total. The molecule has 0 aliphatic carbocycles. The Morgan fingerprint density at radius 3 is 2.48 bits per heavy atom.